The number of carbonyl (C=O) groups is 1. The second kappa shape index (κ2) is 11.6. The molecule has 8 heteroatoms. The fraction of sp³-hybridized carbons (Fsp3) is 0.400. The maximum Gasteiger partial charge on any atom is 0.287 e. The summed E-state index contributed by atoms with van der Waals surface area (Å²) in [5.74, 6) is 2.38. The second-order valence-corrected chi connectivity index (χ2v) is 6.45. The highest BCUT2D eigenvalue weighted by atomic mass is 127. The van der Waals surface area contributed by atoms with Crippen LogP contribution < -0.4 is 20.7 Å². The van der Waals surface area contributed by atoms with Gasteiger partial charge in [-0.25, -0.2) is 0 Å². The molecule has 0 atom stereocenters. The molecule has 0 bridgehead atoms. The van der Waals surface area contributed by atoms with Crippen molar-refractivity contribution in [2.45, 2.75) is 19.4 Å². The van der Waals surface area contributed by atoms with Crippen molar-refractivity contribution in [3.63, 3.8) is 0 Å². The second-order valence-electron chi connectivity index (χ2n) is 6.45. The van der Waals surface area contributed by atoms with E-state index in [1.54, 1.807) is 19.2 Å². The molecular weight excluding hydrogens is 471 g/mol. The predicted molar refractivity (Wildman–Crippen MR) is 119 cm³/mol. The van der Waals surface area contributed by atoms with E-state index in [1.165, 1.54) is 19.1 Å². The minimum absolute atomic E-state index is 0. The number of guanidine groups is 1. The molecule has 0 radical (unpaired) electrons. The molecule has 1 heterocycles. The van der Waals surface area contributed by atoms with Crippen molar-refractivity contribution in [2.24, 2.45) is 10.9 Å². The molecule has 0 spiro atoms. The SMILES string of the molecule is CN=C(NCCNC(=O)c1ccco1)NCc1ccccc1OCC1CC1.I. The van der Waals surface area contributed by atoms with Gasteiger partial charge in [0.25, 0.3) is 5.91 Å². The Morgan fingerprint density at radius 3 is 2.64 bits per heavy atom. The van der Waals surface area contributed by atoms with Gasteiger partial charge in [-0.1, -0.05) is 18.2 Å². The normalized spacial score (nSPS) is 13.4. The Hall–Kier alpha value is -2.23. The van der Waals surface area contributed by atoms with Crippen LogP contribution in [0, 0.1) is 5.92 Å². The summed E-state index contributed by atoms with van der Waals surface area (Å²) in [5.41, 5.74) is 1.09. The van der Waals surface area contributed by atoms with Gasteiger partial charge in [-0.2, -0.15) is 0 Å². The van der Waals surface area contributed by atoms with Crippen molar-refractivity contribution in [1.29, 1.82) is 0 Å². The molecule has 0 unspecified atom stereocenters. The lowest BCUT2D eigenvalue weighted by molar-refractivity contribution is 0.0926. The number of nitrogens with one attached hydrogen (secondary N) is 3. The molecule has 2 aromatic rings. The number of para-hydroxylation sites is 1. The molecule has 1 aromatic heterocycles. The molecule has 3 rings (SSSR count). The summed E-state index contributed by atoms with van der Waals surface area (Å²) in [7, 11) is 1.71. The quantitative estimate of drug-likeness (QED) is 0.214. The summed E-state index contributed by atoms with van der Waals surface area (Å²) < 4.78 is 11.0. The maximum atomic E-state index is 11.8. The average Bonchev–Trinajstić information content (AvgIpc) is 3.36. The molecule has 1 fully saturated rings. The fourth-order valence-electron chi connectivity index (χ4n) is 2.53. The van der Waals surface area contributed by atoms with E-state index < -0.39 is 0 Å². The van der Waals surface area contributed by atoms with Crippen LogP contribution in [0.15, 0.2) is 52.1 Å². The van der Waals surface area contributed by atoms with E-state index in [4.69, 9.17) is 9.15 Å². The first kappa shape index (κ1) is 22.1. The third-order valence-corrected chi connectivity index (χ3v) is 4.26. The van der Waals surface area contributed by atoms with Crippen molar-refractivity contribution in [2.75, 3.05) is 26.7 Å². The molecule has 0 aliphatic heterocycles. The average molecular weight is 498 g/mol. The first-order valence-electron chi connectivity index (χ1n) is 9.23. The zero-order chi connectivity index (χ0) is 18.9. The minimum Gasteiger partial charge on any atom is -0.493 e. The summed E-state index contributed by atoms with van der Waals surface area (Å²) in [6.45, 7) is 2.41. The highest BCUT2D eigenvalue weighted by Gasteiger charge is 2.22. The summed E-state index contributed by atoms with van der Waals surface area (Å²) in [6, 6.07) is 11.4. The van der Waals surface area contributed by atoms with Crippen molar-refractivity contribution in [3.8, 4) is 5.75 Å². The summed E-state index contributed by atoms with van der Waals surface area (Å²) in [6.07, 6.45) is 4.02. The van der Waals surface area contributed by atoms with Gasteiger partial charge < -0.3 is 25.1 Å². The van der Waals surface area contributed by atoms with E-state index in [2.05, 4.69) is 20.9 Å². The molecule has 1 aliphatic rings. The highest BCUT2D eigenvalue weighted by molar-refractivity contribution is 14.0. The van der Waals surface area contributed by atoms with Crippen molar-refractivity contribution < 1.29 is 13.9 Å². The third kappa shape index (κ3) is 7.06. The van der Waals surface area contributed by atoms with Crippen LogP contribution in [0.25, 0.3) is 0 Å². The number of hydrogen-bond acceptors (Lipinski definition) is 4. The van der Waals surface area contributed by atoms with Crippen LogP contribution in [0.1, 0.15) is 29.0 Å². The first-order chi connectivity index (χ1) is 13.3. The molecule has 0 saturated heterocycles. The predicted octanol–water partition coefficient (Wildman–Crippen LogP) is 2.78. The highest BCUT2D eigenvalue weighted by Crippen LogP contribution is 2.30. The molecular formula is C20H27IN4O3. The van der Waals surface area contributed by atoms with Crippen LogP contribution in [0.4, 0.5) is 0 Å². The van der Waals surface area contributed by atoms with E-state index in [0.717, 1.165) is 23.8 Å². The first-order valence-corrected chi connectivity index (χ1v) is 9.23. The Balaban J connectivity index is 0.00000280. The third-order valence-electron chi connectivity index (χ3n) is 4.26. The van der Waals surface area contributed by atoms with Crippen LogP contribution in [-0.4, -0.2) is 38.6 Å². The monoisotopic (exact) mass is 498 g/mol. The number of halogens is 1. The standard InChI is InChI=1S/C20H26N4O3.HI/c1-21-20(23-11-10-22-19(25)18-7-4-12-26-18)24-13-16-5-2-3-6-17(16)27-14-15-8-9-15;/h2-7,12,15H,8-11,13-14H2,1H3,(H,22,25)(H2,21,23,24);1H. The number of aliphatic imine (C=N–C) groups is 1. The molecule has 1 aliphatic carbocycles. The largest absolute Gasteiger partial charge is 0.493 e. The van der Waals surface area contributed by atoms with Crippen LogP contribution in [-0.2, 0) is 6.54 Å². The van der Waals surface area contributed by atoms with E-state index in [-0.39, 0.29) is 29.9 Å². The Kier molecular flexibility index (Phi) is 9.12. The number of nitrogens with zero attached hydrogens (tertiary/aromatic N) is 1. The van der Waals surface area contributed by atoms with Crippen LogP contribution >= 0.6 is 24.0 Å². The number of furan rings is 1. The Morgan fingerprint density at radius 1 is 1.14 bits per heavy atom. The van der Waals surface area contributed by atoms with E-state index in [1.807, 2.05) is 24.3 Å². The molecule has 152 valence electrons. The molecule has 1 saturated carbocycles. The Bertz CT molecular complexity index is 761. The van der Waals surface area contributed by atoms with Gasteiger partial charge >= 0.3 is 0 Å². The Morgan fingerprint density at radius 2 is 1.93 bits per heavy atom. The lowest BCUT2D eigenvalue weighted by atomic mass is 10.2. The lowest BCUT2D eigenvalue weighted by Crippen LogP contribution is -2.41. The van der Waals surface area contributed by atoms with Crippen molar-refractivity contribution >= 4 is 35.8 Å². The number of ether oxygens (including phenoxy) is 1. The van der Waals surface area contributed by atoms with Gasteiger partial charge in [-0.15, -0.1) is 24.0 Å². The van der Waals surface area contributed by atoms with Gasteiger partial charge in [-0.3, -0.25) is 9.79 Å². The number of hydrogen-bond donors (Lipinski definition) is 3. The van der Waals surface area contributed by atoms with E-state index in [9.17, 15) is 4.79 Å². The molecule has 1 aromatic carbocycles. The summed E-state index contributed by atoms with van der Waals surface area (Å²) in [5, 5.41) is 9.23. The lowest BCUT2D eigenvalue weighted by Gasteiger charge is -2.15. The number of benzene rings is 1. The molecule has 3 N–H and O–H groups in total. The van der Waals surface area contributed by atoms with Crippen LogP contribution in [0.5, 0.6) is 5.75 Å². The number of amides is 1. The fourth-order valence-corrected chi connectivity index (χ4v) is 2.53. The molecule has 7 nitrogen and oxygen atoms in total. The Labute approximate surface area is 182 Å². The van der Waals surface area contributed by atoms with Gasteiger partial charge in [-0.05, 0) is 37.0 Å². The molecule has 1 amide bonds. The van der Waals surface area contributed by atoms with Crippen molar-refractivity contribution in [3.05, 3.63) is 54.0 Å². The van der Waals surface area contributed by atoms with Crippen LogP contribution in [0.3, 0.4) is 0 Å². The van der Waals surface area contributed by atoms with Gasteiger partial charge in [0, 0.05) is 32.2 Å². The zero-order valence-corrected chi connectivity index (χ0v) is 18.3. The van der Waals surface area contributed by atoms with Gasteiger partial charge in [0.05, 0.1) is 12.9 Å². The molecule has 28 heavy (non-hydrogen) atoms. The number of rotatable bonds is 9. The van der Waals surface area contributed by atoms with Crippen molar-refractivity contribution in [1.82, 2.24) is 16.0 Å². The smallest absolute Gasteiger partial charge is 0.287 e. The minimum atomic E-state index is -0.230. The van der Waals surface area contributed by atoms with Gasteiger partial charge in [0.2, 0.25) is 0 Å². The van der Waals surface area contributed by atoms with Crippen LogP contribution in [0.2, 0.25) is 0 Å². The maximum absolute atomic E-state index is 11.8. The van der Waals surface area contributed by atoms with Gasteiger partial charge in [0.15, 0.2) is 11.7 Å². The van der Waals surface area contributed by atoms with E-state index in [0.29, 0.717) is 31.4 Å². The van der Waals surface area contributed by atoms with E-state index >= 15 is 0 Å². The topological polar surface area (TPSA) is 87.9 Å². The zero-order valence-electron chi connectivity index (χ0n) is 15.9. The summed E-state index contributed by atoms with van der Waals surface area (Å²) >= 11 is 0. The van der Waals surface area contributed by atoms with Gasteiger partial charge in [0.1, 0.15) is 5.75 Å². The number of carbonyl (C=O) groups excluding carboxylic acids is 1. The summed E-state index contributed by atoms with van der Waals surface area (Å²) in [4.78, 5) is 16.0.